The fourth-order valence-corrected chi connectivity index (χ4v) is 1.45. The van der Waals surface area contributed by atoms with E-state index in [2.05, 4.69) is 0 Å². The highest BCUT2D eigenvalue weighted by atomic mass is 16.5. The van der Waals surface area contributed by atoms with Crippen LogP contribution in [0.5, 0.6) is 0 Å². The molecular formula is C12H15O2. The maximum Gasteiger partial charge on any atom is 0.310 e. The quantitative estimate of drug-likeness (QED) is 0.686. The summed E-state index contributed by atoms with van der Waals surface area (Å²) in [5.74, 6) is -0.204. The van der Waals surface area contributed by atoms with E-state index < -0.39 is 0 Å². The number of ether oxygens (including phenoxy) is 1. The van der Waals surface area contributed by atoms with Gasteiger partial charge in [-0.3, -0.25) is 4.79 Å². The molecule has 0 saturated carbocycles. The molecule has 0 amide bonds. The van der Waals surface area contributed by atoms with Crippen molar-refractivity contribution in [1.82, 2.24) is 0 Å². The van der Waals surface area contributed by atoms with Crippen LogP contribution < -0.4 is 0 Å². The highest BCUT2D eigenvalue weighted by molar-refractivity contribution is 5.73. The van der Waals surface area contributed by atoms with E-state index in [1.165, 1.54) is 6.61 Å². The summed E-state index contributed by atoms with van der Waals surface area (Å²) in [5, 5.41) is 0. The van der Waals surface area contributed by atoms with E-state index in [0.717, 1.165) is 16.7 Å². The summed E-state index contributed by atoms with van der Waals surface area (Å²) < 4.78 is 4.79. The van der Waals surface area contributed by atoms with E-state index in [1.54, 1.807) is 6.92 Å². The van der Waals surface area contributed by atoms with Crippen LogP contribution in [0.15, 0.2) is 18.2 Å². The smallest absolute Gasteiger partial charge is 0.310 e. The molecule has 14 heavy (non-hydrogen) atoms. The van der Waals surface area contributed by atoms with Crippen molar-refractivity contribution < 1.29 is 9.53 Å². The normalized spacial score (nSPS) is 9.93. The molecule has 2 nitrogen and oxygen atoms in total. The summed E-state index contributed by atoms with van der Waals surface area (Å²) in [6.45, 7) is 7.12. The largest absolute Gasteiger partial charge is 0.458 e. The molecule has 1 aromatic carbocycles. The molecule has 0 fully saturated rings. The summed E-state index contributed by atoms with van der Waals surface area (Å²) >= 11 is 0. The van der Waals surface area contributed by atoms with Crippen molar-refractivity contribution in [2.75, 3.05) is 0 Å². The topological polar surface area (TPSA) is 26.3 Å². The summed E-state index contributed by atoms with van der Waals surface area (Å²) in [7, 11) is 0. The van der Waals surface area contributed by atoms with Gasteiger partial charge < -0.3 is 4.74 Å². The van der Waals surface area contributed by atoms with Gasteiger partial charge in [0.1, 0.15) is 6.61 Å². The predicted molar refractivity (Wildman–Crippen MR) is 55.7 cm³/mol. The molecule has 0 saturated heterocycles. The maximum atomic E-state index is 11.3. The molecule has 0 unspecified atom stereocenters. The molecular weight excluding hydrogens is 176 g/mol. The average molecular weight is 191 g/mol. The Labute approximate surface area is 84.9 Å². The van der Waals surface area contributed by atoms with E-state index in [-0.39, 0.29) is 5.97 Å². The first kappa shape index (κ1) is 10.8. The number of carbonyl (C=O) groups excluding carboxylic acids is 1. The zero-order chi connectivity index (χ0) is 10.6. The van der Waals surface area contributed by atoms with Crippen molar-refractivity contribution in [2.24, 2.45) is 0 Å². The van der Waals surface area contributed by atoms with Crippen LogP contribution in [0.4, 0.5) is 0 Å². The van der Waals surface area contributed by atoms with E-state index in [0.29, 0.717) is 6.42 Å². The molecule has 0 aliphatic heterocycles. The van der Waals surface area contributed by atoms with E-state index in [9.17, 15) is 4.79 Å². The van der Waals surface area contributed by atoms with Crippen LogP contribution in [0.2, 0.25) is 0 Å². The Morgan fingerprint density at radius 1 is 1.36 bits per heavy atom. The van der Waals surface area contributed by atoms with Crippen molar-refractivity contribution in [3.05, 3.63) is 41.5 Å². The van der Waals surface area contributed by atoms with Gasteiger partial charge in [0.05, 0.1) is 6.42 Å². The van der Waals surface area contributed by atoms with Gasteiger partial charge in [0.2, 0.25) is 0 Å². The first-order valence-electron chi connectivity index (χ1n) is 4.67. The molecule has 1 aromatic rings. The lowest BCUT2D eigenvalue weighted by Gasteiger charge is -2.08. The Morgan fingerprint density at radius 3 is 2.43 bits per heavy atom. The molecule has 0 spiro atoms. The second-order valence-corrected chi connectivity index (χ2v) is 3.27. The van der Waals surface area contributed by atoms with Crippen LogP contribution in [0.25, 0.3) is 0 Å². The highest BCUT2D eigenvalue weighted by Gasteiger charge is 2.08. The van der Waals surface area contributed by atoms with Crippen molar-refractivity contribution in [3.63, 3.8) is 0 Å². The molecule has 0 bridgehead atoms. The minimum atomic E-state index is -0.204. The van der Waals surface area contributed by atoms with Crippen LogP contribution in [-0.4, -0.2) is 5.97 Å². The van der Waals surface area contributed by atoms with E-state index >= 15 is 0 Å². The van der Waals surface area contributed by atoms with Crippen LogP contribution in [0.1, 0.15) is 23.6 Å². The maximum absolute atomic E-state index is 11.3. The van der Waals surface area contributed by atoms with Crippen molar-refractivity contribution in [1.29, 1.82) is 0 Å². The van der Waals surface area contributed by atoms with Gasteiger partial charge >= 0.3 is 5.97 Å². The number of esters is 1. The number of aryl methyl sites for hydroxylation is 2. The van der Waals surface area contributed by atoms with E-state index in [4.69, 9.17) is 4.74 Å². The fraction of sp³-hybridized carbons (Fsp3) is 0.333. The zero-order valence-electron chi connectivity index (χ0n) is 8.83. The zero-order valence-corrected chi connectivity index (χ0v) is 8.83. The lowest BCUT2D eigenvalue weighted by molar-refractivity contribution is -0.139. The predicted octanol–water partition coefficient (Wildman–Crippen LogP) is 2.57. The third-order valence-corrected chi connectivity index (χ3v) is 2.21. The second kappa shape index (κ2) is 4.80. The molecule has 0 N–H and O–H groups in total. The monoisotopic (exact) mass is 191 g/mol. The lowest BCUT2D eigenvalue weighted by atomic mass is 10.0. The second-order valence-electron chi connectivity index (χ2n) is 3.27. The number of hydrogen-bond donors (Lipinski definition) is 0. The third kappa shape index (κ3) is 2.59. The molecule has 0 heterocycles. The van der Waals surface area contributed by atoms with Gasteiger partial charge in [-0.15, -0.1) is 0 Å². The Kier molecular flexibility index (Phi) is 3.69. The van der Waals surface area contributed by atoms with Crippen molar-refractivity contribution in [3.8, 4) is 0 Å². The lowest BCUT2D eigenvalue weighted by Crippen LogP contribution is -2.07. The van der Waals surface area contributed by atoms with Gasteiger partial charge in [-0.05, 0) is 37.5 Å². The molecule has 0 aliphatic rings. The van der Waals surface area contributed by atoms with Crippen LogP contribution in [0, 0.1) is 20.5 Å². The number of hydrogen-bond acceptors (Lipinski definition) is 2. The van der Waals surface area contributed by atoms with Gasteiger partial charge in [0, 0.05) is 0 Å². The summed E-state index contributed by atoms with van der Waals surface area (Å²) in [6, 6.07) is 6.00. The number of benzene rings is 1. The van der Waals surface area contributed by atoms with Gasteiger partial charge in [0.15, 0.2) is 0 Å². The van der Waals surface area contributed by atoms with Crippen LogP contribution in [0.3, 0.4) is 0 Å². The summed E-state index contributed by atoms with van der Waals surface area (Å²) in [5.41, 5.74) is 3.34. The molecule has 0 atom stereocenters. The van der Waals surface area contributed by atoms with Gasteiger partial charge in [-0.2, -0.15) is 0 Å². The molecule has 1 radical (unpaired) electrons. The van der Waals surface area contributed by atoms with Gasteiger partial charge in [-0.1, -0.05) is 18.2 Å². The van der Waals surface area contributed by atoms with Crippen molar-refractivity contribution in [2.45, 2.75) is 27.2 Å². The molecule has 1 rings (SSSR count). The number of carbonyl (C=O) groups is 1. The first-order valence-corrected chi connectivity index (χ1v) is 4.67. The first-order chi connectivity index (χ1) is 6.65. The third-order valence-electron chi connectivity index (χ3n) is 2.21. The Balaban J connectivity index is 2.80. The van der Waals surface area contributed by atoms with Crippen LogP contribution in [-0.2, 0) is 16.0 Å². The minimum Gasteiger partial charge on any atom is -0.458 e. The van der Waals surface area contributed by atoms with Crippen molar-refractivity contribution >= 4 is 5.97 Å². The molecule has 0 aromatic heterocycles. The standard InChI is InChI=1S/C12H15O2/c1-4-14-12(13)8-11-9(2)6-5-7-10(11)3/h4-7H,8H2,1-3H3. The summed E-state index contributed by atoms with van der Waals surface area (Å²) in [6.07, 6.45) is 0.350. The highest BCUT2D eigenvalue weighted by Crippen LogP contribution is 2.14. The Hall–Kier alpha value is -1.31. The van der Waals surface area contributed by atoms with Gasteiger partial charge in [0.25, 0.3) is 0 Å². The fourth-order valence-electron chi connectivity index (χ4n) is 1.45. The molecule has 2 heteroatoms. The molecule has 0 aliphatic carbocycles. The van der Waals surface area contributed by atoms with E-state index in [1.807, 2.05) is 32.0 Å². The molecule has 75 valence electrons. The Bertz CT molecular complexity index is 309. The SMILES string of the molecule is C[CH]OC(=O)Cc1c(C)cccc1C. The summed E-state index contributed by atoms with van der Waals surface area (Å²) in [4.78, 5) is 11.3. The Morgan fingerprint density at radius 2 is 1.93 bits per heavy atom. The average Bonchev–Trinajstić information content (AvgIpc) is 2.12. The van der Waals surface area contributed by atoms with Gasteiger partial charge in [-0.25, -0.2) is 0 Å². The number of rotatable bonds is 3. The minimum absolute atomic E-state index is 0.204. The van der Waals surface area contributed by atoms with Crippen LogP contribution >= 0.6 is 0 Å².